The van der Waals surface area contributed by atoms with Gasteiger partial charge in [0.1, 0.15) is 0 Å². The fraction of sp³-hybridized carbons (Fsp3) is 0.444. The van der Waals surface area contributed by atoms with Gasteiger partial charge in [-0.1, -0.05) is 30.3 Å². The molecule has 2 aromatic rings. The maximum Gasteiger partial charge on any atom is 0.287 e. The number of rotatable bonds is 5. The molecule has 6 heteroatoms. The molecule has 1 aromatic carbocycles. The van der Waals surface area contributed by atoms with Crippen LogP contribution in [-0.4, -0.2) is 52.7 Å². The zero-order valence-electron chi connectivity index (χ0n) is 14.0. The first-order chi connectivity index (χ1) is 11.7. The molecule has 1 amide bonds. The first kappa shape index (κ1) is 16.7. The quantitative estimate of drug-likeness (QED) is 0.902. The highest BCUT2D eigenvalue weighted by Gasteiger charge is 2.20. The van der Waals surface area contributed by atoms with E-state index in [1.807, 2.05) is 13.1 Å². The van der Waals surface area contributed by atoms with Gasteiger partial charge in [-0.2, -0.15) is 0 Å². The van der Waals surface area contributed by atoms with Crippen molar-refractivity contribution in [2.24, 2.45) is 7.05 Å². The van der Waals surface area contributed by atoms with E-state index in [2.05, 4.69) is 39.5 Å². The summed E-state index contributed by atoms with van der Waals surface area (Å²) in [6.07, 6.45) is 4.40. The van der Waals surface area contributed by atoms with Gasteiger partial charge in [0, 0.05) is 52.2 Å². The van der Waals surface area contributed by atoms with Crippen LogP contribution in [0.2, 0.25) is 0 Å². The third-order valence-electron chi connectivity index (χ3n) is 4.20. The molecule has 0 saturated carbocycles. The summed E-state index contributed by atoms with van der Waals surface area (Å²) in [5.74, 6) is 0.259. The minimum atomic E-state index is -0.162. The van der Waals surface area contributed by atoms with Crippen LogP contribution in [0.15, 0.2) is 42.7 Å². The first-order valence-electron chi connectivity index (χ1n) is 8.36. The lowest BCUT2D eigenvalue weighted by molar-refractivity contribution is 0.0508. The number of ether oxygens (including phenoxy) is 1. The number of hydrogen-bond acceptors (Lipinski definition) is 4. The van der Waals surface area contributed by atoms with Crippen molar-refractivity contribution in [3.05, 3.63) is 54.1 Å². The Morgan fingerprint density at radius 3 is 2.96 bits per heavy atom. The SMILES string of the molecule is Cn1ccnc1C(=O)NCC1CN(Cc2ccccc2)CCCO1. The molecule has 128 valence electrons. The fourth-order valence-electron chi connectivity index (χ4n) is 2.95. The molecule has 1 N–H and O–H groups in total. The molecule has 1 aliphatic rings. The second-order valence-electron chi connectivity index (χ2n) is 6.14. The van der Waals surface area contributed by atoms with Crippen molar-refractivity contribution < 1.29 is 9.53 Å². The van der Waals surface area contributed by atoms with Gasteiger partial charge in [-0.3, -0.25) is 9.69 Å². The standard InChI is InChI=1S/C18H24N4O2/c1-21-10-8-19-17(21)18(23)20-12-16-14-22(9-5-11-24-16)13-15-6-3-2-4-7-15/h2-4,6-8,10,16H,5,9,11-14H2,1H3,(H,20,23). The number of amides is 1. The van der Waals surface area contributed by atoms with Crippen molar-refractivity contribution in [3.63, 3.8) is 0 Å². The van der Waals surface area contributed by atoms with Crippen molar-refractivity contribution in [1.82, 2.24) is 19.8 Å². The summed E-state index contributed by atoms with van der Waals surface area (Å²) >= 11 is 0. The van der Waals surface area contributed by atoms with Crippen LogP contribution >= 0.6 is 0 Å². The molecule has 3 rings (SSSR count). The predicted molar refractivity (Wildman–Crippen MR) is 91.6 cm³/mol. The Morgan fingerprint density at radius 1 is 1.38 bits per heavy atom. The normalized spacial score (nSPS) is 19.0. The molecule has 0 bridgehead atoms. The van der Waals surface area contributed by atoms with Crippen LogP contribution in [0.25, 0.3) is 0 Å². The number of benzene rings is 1. The molecule has 1 atom stereocenters. The van der Waals surface area contributed by atoms with Crippen LogP contribution in [0.3, 0.4) is 0 Å². The highest BCUT2D eigenvalue weighted by atomic mass is 16.5. The second kappa shape index (κ2) is 8.08. The van der Waals surface area contributed by atoms with E-state index in [4.69, 9.17) is 4.74 Å². The highest BCUT2D eigenvalue weighted by Crippen LogP contribution is 2.10. The molecule has 24 heavy (non-hydrogen) atoms. The number of aromatic nitrogens is 2. The lowest BCUT2D eigenvalue weighted by Crippen LogP contribution is -2.40. The van der Waals surface area contributed by atoms with E-state index >= 15 is 0 Å². The van der Waals surface area contributed by atoms with Gasteiger partial charge in [0.2, 0.25) is 0 Å². The average molecular weight is 328 g/mol. The van der Waals surface area contributed by atoms with Crippen molar-refractivity contribution >= 4 is 5.91 Å². The Kier molecular flexibility index (Phi) is 5.61. The summed E-state index contributed by atoms with van der Waals surface area (Å²) < 4.78 is 7.60. The topological polar surface area (TPSA) is 59.4 Å². The number of nitrogens with one attached hydrogen (secondary N) is 1. The number of aryl methyl sites for hydroxylation is 1. The maximum absolute atomic E-state index is 12.2. The lowest BCUT2D eigenvalue weighted by Gasteiger charge is -2.24. The van der Waals surface area contributed by atoms with Crippen LogP contribution in [0.5, 0.6) is 0 Å². The second-order valence-corrected chi connectivity index (χ2v) is 6.14. The third kappa shape index (κ3) is 4.43. The highest BCUT2D eigenvalue weighted by molar-refractivity contribution is 5.90. The Labute approximate surface area is 142 Å². The van der Waals surface area contributed by atoms with Crippen molar-refractivity contribution in [2.75, 3.05) is 26.2 Å². The van der Waals surface area contributed by atoms with Gasteiger partial charge in [0.15, 0.2) is 5.82 Å². The van der Waals surface area contributed by atoms with E-state index < -0.39 is 0 Å². The third-order valence-corrected chi connectivity index (χ3v) is 4.20. The van der Waals surface area contributed by atoms with Crippen molar-refractivity contribution in [3.8, 4) is 0 Å². The Bertz CT molecular complexity index is 656. The summed E-state index contributed by atoms with van der Waals surface area (Å²) in [7, 11) is 1.81. The van der Waals surface area contributed by atoms with E-state index in [0.717, 1.165) is 32.7 Å². The summed E-state index contributed by atoms with van der Waals surface area (Å²) in [4.78, 5) is 18.6. The fourth-order valence-corrected chi connectivity index (χ4v) is 2.95. The van der Waals surface area contributed by atoms with Gasteiger partial charge >= 0.3 is 0 Å². The molecular weight excluding hydrogens is 304 g/mol. The van der Waals surface area contributed by atoms with Gasteiger partial charge in [0.05, 0.1) is 6.10 Å². The van der Waals surface area contributed by atoms with Crippen molar-refractivity contribution in [1.29, 1.82) is 0 Å². The number of hydrogen-bond donors (Lipinski definition) is 1. The predicted octanol–water partition coefficient (Wildman–Crippen LogP) is 1.44. The number of carbonyl (C=O) groups is 1. The van der Waals surface area contributed by atoms with Gasteiger partial charge in [-0.05, 0) is 12.0 Å². The monoisotopic (exact) mass is 328 g/mol. The summed E-state index contributed by atoms with van der Waals surface area (Å²) in [5, 5.41) is 2.93. The van der Waals surface area contributed by atoms with Gasteiger partial charge in [0.25, 0.3) is 5.91 Å². The lowest BCUT2D eigenvalue weighted by atomic mass is 10.2. The molecule has 1 fully saturated rings. The summed E-state index contributed by atoms with van der Waals surface area (Å²) in [5.41, 5.74) is 1.30. The number of imidazole rings is 1. The Hall–Kier alpha value is -2.18. The van der Waals surface area contributed by atoms with E-state index in [-0.39, 0.29) is 12.0 Å². The molecule has 2 heterocycles. The molecule has 6 nitrogen and oxygen atoms in total. The summed E-state index contributed by atoms with van der Waals surface area (Å²) in [6.45, 7) is 3.97. The van der Waals surface area contributed by atoms with E-state index in [0.29, 0.717) is 12.4 Å². The van der Waals surface area contributed by atoms with Crippen LogP contribution in [-0.2, 0) is 18.3 Å². The van der Waals surface area contributed by atoms with E-state index in [9.17, 15) is 4.79 Å². The smallest absolute Gasteiger partial charge is 0.287 e. The number of carbonyl (C=O) groups excluding carboxylic acids is 1. The molecule has 0 radical (unpaired) electrons. The summed E-state index contributed by atoms with van der Waals surface area (Å²) in [6, 6.07) is 10.4. The average Bonchev–Trinajstić information content (AvgIpc) is 2.89. The van der Waals surface area contributed by atoms with Crippen LogP contribution in [0, 0.1) is 0 Å². The zero-order chi connectivity index (χ0) is 16.8. The Balaban J connectivity index is 1.53. The van der Waals surface area contributed by atoms with E-state index in [1.54, 1.807) is 17.0 Å². The largest absolute Gasteiger partial charge is 0.375 e. The van der Waals surface area contributed by atoms with Crippen LogP contribution < -0.4 is 5.32 Å². The van der Waals surface area contributed by atoms with Crippen LogP contribution in [0.4, 0.5) is 0 Å². The van der Waals surface area contributed by atoms with Gasteiger partial charge < -0.3 is 14.6 Å². The molecular formula is C18H24N4O2. The van der Waals surface area contributed by atoms with Crippen LogP contribution in [0.1, 0.15) is 22.6 Å². The first-order valence-corrected chi connectivity index (χ1v) is 8.36. The minimum absolute atomic E-state index is 0.000399. The zero-order valence-corrected chi connectivity index (χ0v) is 14.0. The Morgan fingerprint density at radius 2 is 2.21 bits per heavy atom. The van der Waals surface area contributed by atoms with Crippen molar-refractivity contribution in [2.45, 2.75) is 19.1 Å². The molecule has 1 aromatic heterocycles. The molecule has 1 unspecified atom stereocenters. The molecule has 1 aliphatic heterocycles. The maximum atomic E-state index is 12.2. The van der Waals surface area contributed by atoms with E-state index in [1.165, 1.54) is 5.56 Å². The molecule has 0 aliphatic carbocycles. The van der Waals surface area contributed by atoms with Gasteiger partial charge in [-0.15, -0.1) is 0 Å². The molecule has 0 spiro atoms. The van der Waals surface area contributed by atoms with Gasteiger partial charge in [-0.25, -0.2) is 4.98 Å². The minimum Gasteiger partial charge on any atom is -0.375 e. The number of nitrogens with zero attached hydrogens (tertiary/aromatic N) is 3. The molecule has 1 saturated heterocycles.